The van der Waals surface area contributed by atoms with Crippen LogP contribution < -0.4 is 0 Å². The van der Waals surface area contributed by atoms with Crippen LogP contribution in [-0.4, -0.2) is 0 Å². The fourth-order valence-electron chi connectivity index (χ4n) is 2.09. The van der Waals surface area contributed by atoms with Crippen molar-refractivity contribution in [2.45, 2.75) is 33.6 Å². The Morgan fingerprint density at radius 2 is 1.47 bits per heavy atom. The summed E-state index contributed by atoms with van der Waals surface area (Å²) in [7, 11) is 0. The van der Waals surface area contributed by atoms with Crippen molar-refractivity contribution in [1.29, 1.82) is 0 Å². The summed E-state index contributed by atoms with van der Waals surface area (Å²) in [5.74, 6) is 0.600. The number of aryl methyl sites for hydroxylation is 2. The van der Waals surface area contributed by atoms with Crippen LogP contribution in [0.4, 0.5) is 0 Å². The van der Waals surface area contributed by atoms with Crippen LogP contribution in [0.15, 0.2) is 42.5 Å². The van der Waals surface area contributed by atoms with Crippen LogP contribution in [0.5, 0.6) is 0 Å². The Hall–Kier alpha value is -1.56. The summed E-state index contributed by atoms with van der Waals surface area (Å²) in [5, 5.41) is 0. The second-order valence-electron chi connectivity index (χ2n) is 5.10. The molecule has 17 heavy (non-hydrogen) atoms. The van der Waals surface area contributed by atoms with Gasteiger partial charge in [0, 0.05) is 0 Å². The number of benzene rings is 2. The van der Waals surface area contributed by atoms with Crippen LogP contribution in [0.3, 0.4) is 0 Å². The second-order valence-corrected chi connectivity index (χ2v) is 5.10. The normalized spacial score (nSPS) is 10.9. The lowest BCUT2D eigenvalue weighted by molar-refractivity contribution is 0.867. The summed E-state index contributed by atoms with van der Waals surface area (Å²) >= 11 is 0. The van der Waals surface area contributed by atoms with Gasteiger partial charge in [-0.1, -0.05) is 61.9 Å². The van der Waals surface area contributed by atoms with Crippen LogP contribution >= 0.6 is 0 Å². The van der Waals surface area contributed by atoms with Crippen molar-refractivity contribution >= 4 is 0 Å². The topological polar surface area (TPSA) is 0 Å². The molecule has 0 fully saturated rings. The Balaban J connectivity index is 2.43. The van der Waals surface area contributed by atoms with Crippen LogP contribution in [0.25, 0.3) is 11.1 Å². The minimum absolute atomic E-state index is 0.600. The third-order valence-electron chi connectivity index (χ3n) is 3.28. The first kappa shape index (κ1) is 11.9. The third-order valence-corrected chi connectivity index (χ3v) is 3.28. The molecular weight excluding hydrogens is 204 g/mol. The Bertz CT molecular complexity index is 504. The molecule has 0 bridgehead atoms. The maximum atomic E-state index is 2.26. The minimum Gasteiger partial charge on any atom is -0.0590 e. The average molecular weight is 224 g/mol. The molecule has 0 heterocycles. The van der Waals surface area contributed by atoms with Gasteiger partial charge in [-0.15, -0.1) is 0 Å². The quantitative estimate of drug-likeness (QED) is 0.666. The molecule has 0 nitrogen and oxygen atoms in total. The molecule has 2 rings (SSSR count). The van der Waals surface area contributed by atoms with Crippen LogP contribution in [0, 0.1) is 13.8 Å². The Kier molecular flexibility index (Phi) is 3.33. The van der Waals surface area contributed by atoms with Crippen molar-refractivity contribution in [3.05, 3.63) is 59.2 Å². The van der Waals surface area contributed by atoms with Crippen molar-refractivity contribution in [2.24, 2.45) is 0 Å². The molecule has 0 N–H and O–H groups in total. The smallest absolute Gasteiger partial charge is 0.0152 e. The second kappa shape index (κ2) is 4.75. The first-order chi connectivity index (χ1) is 8.08. The van der Waals surface area contributed by atoms with Crippen molar-refractivity contribution < 1.29 is 0 Å². The zero-order valence-electron chi connectivity index (χ0n) is 11.1. The zero-order chi connectivity index (χ0) is 12.4. The molecule has 0 aliphatic heterocycles. The van der Waals surface area contributed by atoms with Crippen molar-refractivity contribution in [1.82, 2.24) is 0 Å². The van der Waals surface area contributed by atoms with E-state index in [0.717, 1.165) is 0 Å². The van der Waals surface area contributed by atoms with Gasteiger partial charge in [0.25, 0.3) is 0 Å². The lowest BCUT2D eigenvalue weighted by Crippen LogP contribution is -1.88. The molecular formula is C17H20. The predicted molar refractivity (Wildman–Crippen MR) is 75.4 cm³/mol. The zero-order valence-corrected chi connectivity index (χ0v) is 11.1. The number of hydrogen-bond acceptors (Lipinski definition) is 0. The molecule has 2 aromatic carbocycles. The third kappa shape index (κ3) is 2.58. The van der Waals surface area contributed by atoms with Crippen molar-refractivity contribution in [3.63, 3.8) is 0 Å². The van der Waals surface area contributed by atoms with E-state index >= 15 is 0 Å². The van der Waals surface area contributed by atoms with E-state index in [4.69, 9.17) is 0 Å². The molecule has 88 valence electrons. The van der Waals surface area contributed by atoms with E-state index in [9.17, 15) is 0 Å². The van der Waals surface area contributed by atoms with E-state index in [2.05, 4.69) is 70.2 Å². The summed E-state index contributed by atoms with van der Waals surface area (Å²) in [6.07, 6.45) is 0. The molecule has 0 amide bonds. The Morgan fingerprint density at radius 3 is 2.06 bits per heavy atom. The molecule has 0 radical (unpaired) electrons. The van der Waals surface area contributed by atoms with Crippen LogP contribution in [-0.2, 0) is 0 Å². The SMILES string of the molecule is Cc1ccc(C)c(-c2ccc(C(C)C)cc2)c1. The van der Waals surface area contributed by atoms with E-state index in [1.54, 1.807) is 0 Å². The fourth-order valence-corrected chi connectivity index (χ4v) is 2.09. The monoisotopic (exact) mass is 224 g/mol. The van der Waals surface area contributed by atoms with Gasteiger partial charge in [-0.3, -0.25) is 0 Å². The molecule has 0 saturated heterocycles. The van der Waals surface area contributed by atoms with Gasteiger partial charge in [-0.2, -0.15) is 0 Å². The maximum absolute atomic E-state index is 2.26. The Labute approximate surface area is 104 Å². The van der Waals surface area contributed by atoms with Gasteiger partial charge in [0.05, 0.1) is 0 Å². The van der Waals surface area contributed by atoms with Gasteiger partial charge in [0.2, 0.25) is 0 Å². The number of hydrogen-bond donors (Lipinski definition) is 0. The molecule has 0 saturated carbocycles. The molecule has 0 aliphatic rings. The highest BCUT2D eigenvalue weighted by molar-refractivity contribution is 5.68. The molecule has 0 aromatic heterocycles. The highest BCUT2D eigenvalue weighted by Gasteiger charge is 2.03. The lowest BCUT2D eigenvalue weighted by Gasteiger charge is -2.10. The van der Waals surface area contributed by atoms with Gasteiger partial charge in [-0.25, -0.2) is 0 Å². The van der Waals surface area contributed by atoms with E-state index < -0.39 is 0 Å². The van der Waals surface area contributed by atoms with E-state index in [1.165, 1.54) is 27.8 Å². The number of rotatable bonds is 2. The highest BCUT2D eigenvalue weighted by Crippen LogP contribution is 2.26. The maximum Gasteiger partial charge on any atom is -0.0152 e. The van der Waals surface area contributed by atoms with Crippen molar-refractivity contribution in [3.8, 4) is 11.1 Å². The van der Waals surface area contributed by atoms with Crippen molar-refractivity contribution in [2.75, 3.05) is 0 Å². The van der Waals surface area contributed by atoms with Gasteiger partial charge >= 0.3 is 0 Å². The highest BCUT2D eigenvalue weighted by atomic mass is 14.1. The van der Waals surface area contributed by atoms with Gasteiger partial charge in [0.1, 0.15) is 0 Å². The molecule has 2 aromatic rings. The van der Waals surface area contributed by atoms with Crippen LogP contribution in [0.1, 0.15) is 36.5 Å². The first-order valence-electron chi connectivity index (χ1n) is 6.25. The molecule has 0 heteroatoms. The summed E-state index contributed by atoms with van der Waals surface area (Å²) in [6.45, 7) is 8.77. The molecule has 0 aliphatic carbocycles. The first-order valence-corrected chi connectivity index (χ1v) is 6.25. The summed E-state index contributed by atoms with van der Waals surface area (Å²) < 4.78 is 0. The van der Waals surface area contributed by atoms with Gasteiger partial charge < -0.3 is 0 Å². The molecule has 0 spiro atoms. The molecule has 0 unspecified atom stereocenters. The predicted octanol–water partition coefficient (Wildman–Crippen LogP) is 5.09. The lowest BCUT2D eigenvalue weighted by atomic mass is 9.95. The van der Waals surface area contributed by atoms with E-state index in [0.29, 0.717) is 5.92 Å². The van der Waals surface area contributed by atoms with E-state index in [-0.39, 0.29) is 0 Å². The van der Waals surface area contributed by atoms with Gasteiger partial charge in [0.15, 0.2) is 0 Å². The summed E-state index contributed by atoms with van der Waals surface area (Å²) in [5.41, 5.74) is 6.72. The average Bonchev–Trinajstić information content (AvgIpc) is 2.32. The minimum atomic E-state index is 0.600. The standard InChI is InChI=1S/C17H20/c1-12(2)15-7-9-16(10-8-15)17-11-13(3)5-6-14(17)4/h5-12H,1-4H3. The Morgan fingerprint density at radius 1 is 0.824 bits per heavy atom. The summed E-state index contributed by atoms with van der Waals surface area (Å²) in [4.78, 5) is 0. The van der Waals surface area contributed by atoms with Crippen LogP contribution in [0.2, 0.25) is 0 Å². The summed E-state index contributed by atoms with van der Waals surface area (Å²) in [6, 6.07) is 15.6. The fraction of sp³-hybridized carbons (Fsp3) is 0.294. The largest absolute Gasteiger partial charge is 0.0590 e. The van der Waals surface area contributed by atoms with E-state index in [1.807, 2.05) is 0 Å². The van der Waals surface area contributed by atoms with Gasteiger partial charge in [-0.05, 0) is 42.0 Å². The molecule has 0 atom stereocenters.